The molecule has 0 saturated carbocycles. The Hall–Kier alpha value is -1.27. The normalized spacial score (nSPS) is 11.8. The Morgan fingerprint density at radius 1 is 1.19 bits per heavy atom. The summed E-state index contributed by atoms with van der Waals surface area (Å²) in [5, 5.41) is 0. The van der Waals surface area contributed by atoms with Crippen molar-refractivity contribution in [2.24, 2.45) is 5.41 Å². The van der Waals surface area contributed by atoms with E-state index in [0.29, 0.717) is 5.41 Å². The third-order valence-corrected chi connectivity index (χ3v) is 3.45. The highest BCUT2D eigenvalue weighted by atomic mass is 32.2. The van der Waals surface area contributed by atoms with Crippen LogP contribution in [0, 0.1) is 11.2 Å². The van der Waals surface area contributed by atoms with Gasteiger partial charge in [0.25, 0.3) is 0 Å². The number of nitrogens with one attached hydrogen (secondary N) is 1. The first-order chi connectivity index (χ1) is 9.36. The van der Waals surface area contributed by atoms with E-state index in [2.05, 4.69) is 32.4 Å². The van der Waals surface area contributed by atoms with Crippen molar-refractivity contribution in [2.45, 2.75) is 52.5 Å². The molecule has 6 heteroatoms. The van der Waals surface area contributed by atoms with Crippen LogP contribution in [0.15, 0.2) is 23.1 Å². The monoisotopic (exact) mass is 317 g/mol. The highest BCUT2D eigenvalue weighted by Crippen LogP contribution is 2.14. The molecule has 0 aliphatic carbocycles. The summed E-state index contributed by atoms with van der Waals surface area (Å²) in [5.41, 5.74) is 0.228. The van der Waals surface area contributed by atoms with Gasteiger partial charge in [0.2, 0.25) is 10.0 Å². The van der Waals surface area contributed by atoms with Gasteiger partial charge in [-0.3, -0.25) is 4.79 Å². The minimum absolute atomic E-state index is 0.121. The number of halogens is 1. The molecule has 0 spiro atoms. The lowest BCUT2D eigenvalue weighted by atomic mass is 10.0. The summed E-state index contributed by atoms with van der Waals surface area (Å²) < 4.78 is 38.7. The van der Waals surface area contributed by atoms with Gasteiger partial charge in [-0.15, -0.1) is 0 Å². The maximum Gasteiger partial charge on any atom is 0.240 e. The lowest BCUT2D eigenvalue weighted by molar-refractivity contribution is 0.111. The molecular weight excluding hydrogens is 293 g/mol. The van der Waals surface area contributed by atoms with Crippen molar-refractivity contribution < 1.29 is 17.6 Å². The van der Waals surface area contributed by atoms with Crippen LogP contribution in [0.5, 0.6) is 0 Å². The van der Waals surface area contributed by atoms with Crippen LogP contribution in [0.2, 0.25) is 0 Å². The number of aldehydes is 1. The minimum Gasteiger partial charge on any atom is -0.298 e. The maximum atomic E-state index is 13.0. The average molecular weight is 317 g/mol. The topological polar surface area (TPSA) is 63.2 Å². The van der Waals surface area contributed by atoms with Crippen LogP contribution in [0.25, 0.3) is 0 Å². The Bertz CT molecular complexity index is 569. The fourth-order valence-corrected chi connectivity index (χ4v) is 2.44. The van der Waals surface area contributed by atoms with E-state index in [1.807, 2.05) is 0 Å². The fraction of sp³-hybridized carbons (Fsp3) is 0.533. The standard InChI is InChI=1S/C10H12FNO3S.C5H12/c1-7(2)12-16(14,15)9-3-4-10(11)8(5-9)6-13;1-5(2,3)4/h3-7,12H,1-2H3;1-4H3. The zero-order valence-electron chi connectivity index (χ0n) is 13.4. The third-order valence-electron chi connectivity index (χ3n) is 1.80. The second kappa shape index (κ2) is 7.66. The van der Waals surface area contributed by atoms with E-state index in [1.54, 1.807) is 13.8 Å². The Kier molecular flexibility index (Phi) is 7.19. The van der Waals surface area contributed by atoms with Crippen LogP contribution in [0.1, 0.15) is 51.9 Å². The van der Waals surface area contributed by atoms with Crippen LogP contribution in [-0.2, 0) is 10.0 Å². The Morgan fingerprint density at radius 2 is 1.67 bits per heavy atom. The Balaban J connectivity index is 0.000000690. The van der Waals surface area contributed by atoms with Crippen molar-refractivity contribution in [1.29, 1.82) is 0 Å². The molecule has 1 aromatic rings. The fourth-order valence-electron chi connectivity index (χ4n) is 1.16. The maximum absolute atomic E-state index is 13.0. The number of hydrogen-bond donors (Lipinski definition) is 1. The van der Waals surface area contributed by atoms with Crippen molar-refractivity contribution in [1.82, 2.24) is 4.72 Å². The number of benzene rings is 1. The molecule has 4 nitrogen and oxygen atoms in total. The van der Waals surface area contributed by atoms with Crippen LogP contribution >= 0.6 is 0 Å². The Morgan fingerprint density at radius 3 is 2.05 bits per heavy atom. The third kappa shape index (κ3) is 8.57. The molecule has 1 N–H and O–H groups in total. The van der Waals surface area contributed by atoms with E-state index in [0.717, 1.165) is 18.2 Å². The lowest BCUT2D eigenvalue weighted by Crippen LogP contribution is -2.30. The van der Waals surface area contributed by atoms with Crippen molar-refractivity contribution in [3.8, 4) is 0 Å². The van der Waals surface area contributed by atoms with Crippen LogP contribution in [0.3, 0.4) is 0 Å². The second-order valence-electron chi connectivity index (χ2n) is 6.58. The molecule has 0 radical (unpaired) electrons. The van der Waals surface area contributed by atoms with Crippen molar-refractivity contribution in [3.05, 3.63) is 29.6 Å². The molecule has 0 amide bonds. The highest BCUT2D eigenvalue weighted by molar-refractivity contribution is 7.89. The minimum atomic E-state index is -3.68. The molecule has 0 fully saturated rings. The van der Waals surface area contributed by atoms with Gasteiger partial charge >= 0.3 is 0 Å². The summed E-state index contributed by atoms with van der Waals surface area (Å²) in [6.07, 6.45) is 0.281. The predicted molar refractivity (Wildman–Crippen MR) is 82.4 cm³/mol. The van der Waals surface area contributed by atoms with Crippen LogP contribution < -0.4 is 4.72 Å². The SMILES string of the molecule is CC(C)(C)C.CC(C)NS(=O)(=O)c1ccc(F)c(C=O)c1. The zero-order chi connectivity index (χ0) is 16.8. The van der Waals surface area contributed by atoms with Crippen molar-refractivity contribution in [2.75, 3.05) is 0 Å². The number of carbonyl (C=O) groups excluding carboxylic acids is 1. The number of carbonyl (C=O) groups is 1. The van der Waals surface area contributed by atoms with Gasteiger partial charge in [-0.1, -0.05) is 27.7 Å². The van der Waals surface area contributed by atoms with E-state index in [-0.39, 0.29) is 22.8 Å². The molecule has 0 aliphatic heterocycles. The van der Waals surface area contributed by atoms with E-state index in [9.17, 15) is 17.6 Å². The van der Waals surface area contributed by atoms with Gasteiger partial charge in [0.15, 0.2) is 6.29 Å². The average Bonchev–Trinajstić information content (AvgIpc) is 2.25. The Labute approximate surface area is 126 Å². The number of hydrogen-bond acceptors (Lipinski definition) is 3. The second-order valence-corrected chi connectivity index (χ2v) is 8.29. The van der Waals surface area contributed by atoms with Crippen LogP contribution in [0.4, 0.5) is 4.39 Å². The summed E-state index contributed by atoms with van der Waals surface area (Å²) in [4.78, 5) is 10.4. The largest absolute Gasteiger partial charge is 0.298 e. The van der Waals surface area contributed by atoms with Crippen LogP contribution in [-0.4, -0.2) is 20.7 Å². The first-order valence-corrected chi connectivity index (χ1v) is 8.12. The molecule has 0 unspecified atom stereocenters. The lowest BCUT2D eigenvalue weighted by Gasteiger charge is -2.09. The molecule has 1 aromatic carbocycles. The van der Waals surface area contributed by atoms with Gasteiger partial charge < -0.3 is 0 Å². The van der Waals surface area contributed by atoms with Gasteiger partial charge in [0, 0.05) is 6.04 Å². The predicted octanol–water partition coefficient (Wildman–Crippen LogP) is 3.38. The summed E-state index contributed by atoms with van der Waals surface area (Å²) in [7, 11) is -3.68. The molecule has 0 saturated heterocycles. The molecule has 0 atom stereocenters. The van der Waals surface area contributed by atoms with Crippen molar-refractivity contribution >= 4 is 16.3 Å². The van der Waals surface area contributed by atoms with Gasteiger partial charge in [-0.05, 0) is 37.5 Å². The quantitative estimate of drug-likeness (QED) is 0.866. The molecule has 21 heavy (non-hydrogen) atoms. The van der Waals surface area contributed by atoms with E-state index < -0.39 is 15.8 Å². The number of sulfonamides is 1. The zero-order valence-corrected chi connectivity index (χ0v) is 14.2. The van der Waals surface area contributed by atoms with Gasteiger partial charge in [0.05, 0.1) is 10.5 Å². The molecule has 0 heterocycles. The smallest absolute Gasteiger partial charge is 0.240 e. The first-order valence-electron chi connectivity index (χ1n) is 6.64. The highest BCUT2D eigenvalue weighted by Gasteiger charge is 2.16. The molecule has 0 aromatic heterocycles. The molecule has 0 bridgehead atoms. The molecule has 1 rings (SSSR count). The van der Waals surface area contributed by atoms with Gasteiger partial charge in [-0.2, -0.15) is 0 Å². The summed E-state index contributed by atoms with van der Waals surface area (Å²) >= 11 is 0. The van der Waals surface area contributed by atoms with E-state index in [4.69, 9.17) is 0 Å². The van der Waals surface area contributed by atoms with E-state index >= 15 is 0 Å². The summed E-state index contributed by atoms with van der Waals surface area (Å²) in [6, 6.07) is 2.81. The molecular formula is C15H24FNO3S. The first kappa shape index (κ1) is 19.7. The van der Waals surface area contributed by atoms with Gasteiger partial charge in [-0.25, -0.2) is 17.5 Å². The van der Waals surface area contributed by atoms with Gasteiger partial charge in [0.1, 0.15) is 5.82 Å². The molecule has 0 aliphatic rings. The van der Waals surface area contributed by atoms with E-state index in [1.165, 1.54) is 0 Å². The summed E-state index contributed by atoms with van der Waals surface area (Å²) in [5.74, 6) is -0.738. The molecule has 120 valence electrons. The van der Waals surface area contributed by atoms with Crippen molar-refractivity contribution in [3.63, 3.8) is 0 Å². The number of rotatable bonds is 4. The summed E-state index contributed by atoms with van der Waals surface area (Å²) in [6.45, 7) is 12.1.